The Morgan fingerprint density at radius 3 is 2.61 bits per heavy atom. The molecule has 1 atom stereocenters. The number of carbonyl (C=O) groups excluding carboxylic acids is 1. The predicted molar refractivity (Wildman–Crippen MR) is 117 cm³/mol. The number of thioether (sulfide) groups is 1. The molecule has 0 radical (unpaired) electrons. The molecule has 0 aliphatic carbocycles. The van der Waals surface area contributed by atoms with Gasteiger partial charge in [-0.3, -0.25) is 4.79 Å². The van der Waals surface area contributed by atoms with Crippen molar-refractivity contribution < 1.29 is 9.69 Å². The van der Waals surface area contributed by atoms with Gasteiger partial charge in [-0.05, 0) is 38.1 Å². The van der Waals surface area contributed by atoms with Crippen molar-refractivity contribution in [3.63, 3.8) is 0 Å². The average molecular weight is 413 g/mol. The first-order valence-corrected chi connectivity index (χ1v) is 11.5. The van der Waals surface area contributed by atoms with Gasteiger partial charge in [0.25, 0.3) is 0 Å². The lowest BCUT2D eigenvalue weighted by Crippen LogP contribution is -3.13. The molecule has 0 saturated carbocycles. The van der Waals surface area contributed by atoms with Crippen LogP contribution in [0.3, 0.4) is 0 Å². The smallest absolute Gasteiger partial charge is 0.236 e. The van der Waals surface area contributed by atoms with Gasteiger partial charge in [-0.15, -0.1) is 23.1 Å². The molecule has 1 N–H and O–H groups in total. The third-order valence-corrected chi connectivity index (χ3v) is 7.34. The first kappa shape index (κ1) is 19.4. The second-order valence-corrected chi connectivity index (χ2v) is 9.93. The summed E-state index contributed by atoms with van der Waals surface area (Å²) >= 11 is 3.44. The molecule has 1 aromatic heterocycles. The van der Waals surface area contributed by atoms with Crippen molar-refractivity contribution in [3.8, 4) is 0 Å². The number of thiazole rings is 1. The number of rotatable bonds is 5. The van der Waals surface area contributed by atoms with Gasteiger partial charge >= 0.3 is 0 Å². The van der Waals surface area contributed by atoms with Crippen LogP contribution in [0.2, 0.25) is 0 Å². The number of benzene rings is 2. The normalized spacial score (nSPS) is 16.4. The first-order valence-electron chi connectivity index (χ1n) is 9.78. The number of quaternary nitrogens is 1. The van der Waals surface area contributed by atoms with Gasteiger partial charge in [-0.1, -0.05) is 29.8 Å². The minimum Gasteiger partial charge on any atom is -0.330 e. The molecule has 3 aromatic rings. The zero-order valence-corrected chi connectivity index (χ0v) is 18.0. The van der Waals surface area contributed by atoms with Crippen LogP contribution >= 0.6 is 23.1 Å². The Labute approximate surface area is 174 Å². The molecular formula is C22H26N3OS2+. The molecule has 146 valence electrons. The van der Waals surface area contributed by atoms with Crippen molar-refractivity contribution in [2.75, 3.05) is 26.2 Å². The molecular weight excluding hydrogens is 386 g/mol. The lowest BCUT2D eigenvalue weighted by atomic mass is 10.2. The molecule has 4 nitrogen and oxygen atoms in total. The van der Waals surface area contributed by atoms with Crippen molar-refractivity contribution >= 4 is 39.2 Å². The molecule has 4 rings (SSSR count). The highest BCUT2D eigenvalue weighted by molar-refractivity contribution is 8.00. The van der Waals surface area contributed by atoms with E-state index in [-0.39, 0.29) is 11.2 Å². The zero-order valence-electron chi connectivity index (χ0n) is 16.4. The van der Waals surface area contributed by atoms with Gasteiger partial charge in [0.1, 0.15) is 11.6 Å². The average Bonchev–Trinajstić information content (AvgIpc) is 3.12. The highest BCUT2D eigenvalue weighted by Crippen LogP contribution is 2.25. The molecule has 1 saturated heterocycles. The van der Waals surface area contributed by atoms with Gasteiger partial charge in [-0.25, -0.2) is 4.98 Å². The molecule has 0 spiro atoms. The van der Waals surface area contributed by atoms with E-state index in [1.807, 2.05) is 17.9 Å². The van der Waals surface area contributed by atoms with Gasteiger partial charge in [0.2, 0.25) is 5.91 Å². The maximum atomic E-state index is 12.8. The minimum atomic E-state index is -0.0477. The monoisotopic (exact) mass is 412 g/mol. The van der Waals surface area contributed by atoms with Crippen molar-refractivity contribution in [1.82, 2.24) is 9.88 Å². The fourth-order valence-corrected chi connectivity index (χ4v) is 5.55. The summed E-state index contributed by atoms with van der Waals surface area (Å²) in [5, 5.41) is 1.15. The Morgan fingerprint density at radius 2 is 1.89 bits per heavy atom. The van der Waals surface area contributed by atoms with Crippen LogP contribution in [0.5, 0.6) is 0 Å². The second-order valence-electron chi connectivity index (χ2n) is 7.40. The number of aryl methyl sites for hydroxylation is 1. The molecule has 6 heteroatoms. The van der Waals surface area contributed by atoms with Crippen LogP contribution in [-0.4, -0.2) is 47.2 Å². The standard InChI is InChI=1S/C22H25N3OS2/c1-16-7-9-18(10-8-16)27-17(2)22(26)25-13-11-24(12-14-25)15-21-23-19-5-3-4-6-20(19)28-21/h3-10,17H,11-15H2,1-2H3/p+1/t17-/m1/s1. The number of fused-ring (bicyclic) bond motifs is 1. The molecule has 2 aromatic carbocycles. The Morgan fingerprint density at radius 1 is 1.18 bits per heavy atom. The summed E-state index contributed by atoms with van der Waals surface area (Å²) in [7, 11) is 0. The van der Waals surface area contributed by atoms with Crippen molar-refractivity contribution in [2.45, 2.75) is 30.5 Å². The van der Waals surface area contributed by atoms with E-state index in [0.29, 0.717) is 0 Å². The lowest BCUT2D eigenvalue weighted by Gasteiger charge is -2.33. The summed E-state index contributed by atoms with van der Waals surface area (Å²) in [6, 6.07) is 16.7. The number of nitrogens with one attached hydrogen (secondary N) is 1. The number of aromatic nitrogens is 1. The third-order valence-electron chi connectivity index (χ3n) is 5.20. The molecule has 1 amide bonds. The highest BCUT2D eigenvalue weighted by Gasteiger charge is 2.27. The van der Waals surface area contributed by atoms with E-state index in [1.165, 1.54) is 20.2 Å². The molecule has 1 fully saturated rings. The van der Waals surface area contributed by atoms with Gasteiger partial charge in [0.15, 0.2) is 0 Å². The fraction of sp³-hybridized carbons (Fsp3) is 0.364. The number of nitrogens with zero attached hydrogens (tertiary/aromatic N) is 2. The van der Waals surface area contributed by atoms with E-state index >= 15 is 0 Å². The number of para-hydroxylation sites is 1. The quantitative estimate of drug-likeness (QED) is 0.655. The van der Waals surface area contributed by atoms with E-state index in [1.54, 1.807) is 23.1 Å². The van der Waals surface area contributed by atoms with Crippen LogP contribution in [-0.2, 0) is 11.3 Å². The van der Waals surface area contributed by atoms with Gasteiger partial charge in [-0.2, -0.15) is 0 Å². The van der Waals surface area contributed by atoms with Crippen LogP contribution in [0.1, 0.15) is 17.5 Å². The molecule has 0 bridgehead atoms. The summed E-state index contributed by atoms with van der Waals surface area (Å²) in [4.78, 5) is 22.3. The van der Waals surface area contributed by atoms with Crippen LogP contribution < -0.4 is 4.90 Å². The van der Waals surface area contributed by atoms with Gasteiger partial charge < -0.3 is 9.80 Å². The molecule has 1 aliphatic heterocycles. The maximum absolute atomic E-state index is 12.8. The second kappa shape index (κ2) is 8.64. The molecule has 1 aliphatic rings. The Bertz CT molecular complexity index is 913. The Hall–Kier alpha value is -1.89. The highest BCUT2D eigenvalue weighted by atomic mass is 32.2. The number of carbonyl (C=O) groups is 1. The SMILES string of the molecule is Cc1ccc(S[C@H](C)C(=O)N2CC[NH+](Cc3nc4ccccc4s3)CC2)cc1. The van der Waals surface area contributed by atoms with E-state index in [2.05, 4.69) is 49.4 Å². The van der Waals surface area contributed by atoms with Crippen LogP contribution in [0.4, 0.5) is 0 Å². The summed E-state index contributed by atoms with van der Waals surface area (Å²) in [6.07, 6.45) is 0. The van der Waals surface area contributed by atoms with Gasteiger partial charge in [0.05, 0.1) is 41.6 Å². The van der Waals surface area contributed by atoms with E-state index in [0.717, 1.165) is 43.1 Å². The summed E-state index contributed by atoms with van der Waals surface area (Å²) in [5.74, 6) is 0.254. The van der Waals surface area contributed by atoms with E-state index in [4.69, 9.17) is 4.98 Å². The van der Waals surface area contributed by atoms with Crippen molar-refractivity contribution in [3.05, 3.63) is 59.1 Å². The van der Waals surface area contributed by atoms with Crippen LogP contribution in [0.25, 0.3) is 10.2 Å². The van der Waals surface area contributed by atoms with E-state index < -0.39 is 0 Å². The summed E-state index contributed by atoms with van der Waals surface area (Å²) in [6.45, 7) is 8.70. The summed E-state index contributed by atoms with van der Waals surface area (Å²) in [5.41, 5.74) is 2.34. The third kappa shape index (κ3) is 4.57. The predicted octanol–water partition coefficient (Wildman–Crippen LogP) is 3.01. The molecule has 28 heavy (non-hydrogen) atoms. The minimum absolute atomic E-state index is 0.0477. The molecule has 2 heterocycles. The van der Waals surface area contributed by atoms with Crippen molar-refractivity contribution in [2.24, 2.45) is 0 Å². The zero-order chi connectivity index (χ0) is 19.5. The van der Waals surface area contributed by atoms with Crippen LogP contribution in [0, 0.1) is 6.92 Å². The topological polar surface area (TPSA) is 37.6 Å². The lowest BCUT2D eigenvalue weighted by molar-refractivity contribution is -0.917. The van der Waals surface area contributed by atoms with Crippen molar-refractivity contribution in [1.29, 1.82) is 0 Å². The Kier molecular flexibility index (Phi) is 5.99. The van der Waals surface area contributed by atoms with E-state index in [9.17, 15) is 4.79 Å². The maximum Gasteiger partial charge on any atom is 0.236 e. The number of piperazine rings is 1. The summed E-state index contributed by atoms with van der Waals surface area (Å²) < 4.78 is 1.26. The largest absolute Gasteiger partial charge is 0.330 e. The number of amides is 1. The molecule has 0 unspecified atom stereocenters. The number of hydrogen-bond acceptors (Lipinski definition) is 4. The fourth-order valence-electron chi connectivity index (χ4n) is 3.56. The number of hydrogen-bond donors (Lipinski definition) is 1. The first-order chi connectivity index (χ1) is 13.6. The van der Waals surface area contributed by atoms with Crippen LogP contribution in [0.15, 0.2) is 53.4 Å². The Balaban J connectivity index is 1.29. The van der Waals surface area contributed by atoms with Gasteiger partial charge in [0, 0.05) is 4.90 Å².